The van der Waals surface area contributed by atoms with Crippen LogP contribution in [0.5, 0.6) is 0 Å². The van der Waals surface area contributed by atoms with Crippen LogP contribution in [0.3, 0.4) is 0 Å². The number of ether oxygens (including phenoxy) is 3. The lowest BCUT2D eigenvalue weighted by molar-refractivity contribution is -0.167. The van der Waals surface area contributed by atoms with Gasteiger partial charge in [0, 0.05) is 19.3 Å². The van der Waals surface area contributed by atoms with Crippen molar-refractivity contribution in [2.45, 2.75) is 361 Å². The average Bonchev–Trinajstić information content (AvgIpc) is 3.45. The van der Waals surface area contributed by atoms with Crippen LogP contribution >= 0.6 is 0 Å². The van der Waals surface area contributed by atoms with E-state index in [1.54, 1.807) is 0 Å². The monoisotopic (exact) mass is 1100 g/mol. The first-order valence-electron chi connectivity index (χ1n) is 34.4. The molecule has 458 valence electrons. The highest BCUT2D eigenvalue weighted by atomic mass is 16.6. The average molecular weight is 1100 g/mol. The van der Waals surface area contributed by atoms with Crippen LogP contribution in [0.15, 0.2) is 72.9 Å². The number of hydrogen-bond acceptors (Lipinski definition) is 6. The van der Waals surface area contributed by atoms with Crippen LogP contribution in [0.25, 0.3) is 0 Å². The molecule has 0 rings (SSSR count). The zero-order valence-corrected chi connectivity index (χ0v) is 52.6. The van der Waals surface area contributed by atoms with E-state index in [1.165, 1.54) is 218 Å². The number of allylic oxidation sites excluding steroid dienone is 12. The fraction of sp³-hybridized carbons (Fsp3) is 0.795. The Morgan fingerprint density at radius 3 is 0.785 bits per heavy atom. The molecular formula is C73H130O6. The van der Waals surface area contributed by atoms with Crippen LogP contribution in [-0.2, 0) is 28.6 Å². The van der Waals surface area contributed by atoms with Crippen LogP contribution in [0.2, 0.25) is 0 Å². The lowest BCUT2D eigenvalue weighted by Gasteiger charge is -2.18. The highest BCUT2D eigenvalue weighted by Gasteiger charge is 2.19. The lowest BCUT2D eigenvalue weighted by atomic mass is 10.0. The standard InChI is InChI=1S/C73H130O6/c1-4-7-10-13-16-19-22-25-28-31-34-35-36-37-40-42-45-48-51-54-57-60-63-66-72(75)78-69-70(79-73(76)67-64-61-58-55-52-49-46-43-39-33-30-27-24-21-18-15-12-9-6-3)68-77-71(74)65-62-59-56-53-50-47-44-41-38-32-29-26-23-20-17-14-11-8-5-2/h7,10,16,19,25,27-28,30,34-35,37,40,70H,4-6,8-9,11-15,17-18,20-24,26,29,31-33,36,38-39,41-69H2,1-3H3/b10-7-,19-16-,28-25-,30-27-,35-34-,40-37-. The molecule has 0 aromatic rings. The summed E-state index contributed by atoms with van der Waals surface area (Å²) in [4.78, 5) is 38.5. The highest BCUT2D eigenvalue weighted by Crippen LogP contribution is 2.18. The van der Waals surface area contributed by atoms with E-state index in [0.717, 1.165) is 96.3 Å². The molecule has 0 aromatic carbocycles. The van der Waals surface area contributed by atoms with E-state index in [9.17, 15) is 14.4 Å². The van der Waals surface area contributed by atoms with Crippen molar-refractivity contribution in [3.05, 3.63) is 72.9 Å². The van der Waals surface area contributed by atoms with Gasteiger partial charge in [0.1, 0.15) is 13.2 Å². The van der Waals surface area contributed by atoms with Crippen molar-refractivity contribution in [1.82, 2.24) is 0 Å². The summed E-state index contributed by atoms with van der Waals surface area (Å²) in [6, 6.07) is 0. The van der Waals surface area contributed by atoms with Crippen LogP contribution in [0, 0.1) is 0 Å². The molecule has 0 aliphatic heterocycles. The van der Waals surface area contributed by atoms with E-state index in [2.05, 4.69) is 93.7 Å². The summed E-state index contributed by atoms with van der Waals surface area (Å²) >= 11 is 0. The number of carbonyl (C=O) groups is 3. The molecular weight excluding hydrogens is 973 g/mol. The van der Waals surface area contributed by atoms with Gasteiger partial charge in [-0.05, 0) is 89.9 Å². The SMILES string of the molecule is CC/C=C\C/C=C\C/C=C\C/C=C\C/C=C\CCCCCCCCCC(=O)OCC(COC(=O)CCCCCCCCCCCCCCCCCCCCC)OC(=O)CCCCCCCCCCC/C=C\CCCCCCCC. The van der Waals surface area contributed by atoms with Crippen LogP contribution in [0.4, 0.5) is 0 Å². The summed E-state index contributed by atoms with van der Waals surface area (Å²) in [6.45, 7) is 6.57. The van der Waals surface area contributed by atoms with Crippen molar-refractivity contribution in [1.29, 1.82) is 0 Å². The normalized spacial score (nSPS) is 12.5. The third-order valence-electron chi connectivity index (χ3n) is 15.2. The Hall–Kier alpha value is -3.15. The number of esters is 3. The van der Waals surface area contributed by atoms with Gasteiger partial charge < -0.3 is 14.2 Å². The van der Waals surface area contributed by atoms with E-state index in [0.29, 0.717) is 19.3 Å². The molecule has 1 unspecified atom stereocenters. The summed E-state index contributed by atoms with van der Waals surface area (Å²) in [6.07, 6.45) is 87.7. The molecule has 0 bridgehead atoms. The second kappa shape index (κ2) is 67.4. The molecule has 1 atom stereocenters. The first-order valence-corrected chi connectivity index (χ1v) is 34.4. The van der Waals surface area contributed by atoms with Gasteiger partial charge in [0.25, 0.3) is 0 Å². The fourth-order valence-electron chi connectivity index (χ4n) is 10.1. The van der Waals surface area contributed by atoms with Crippen LogP contribution < -0.4 is 0 Å². The Labute approximate surface area is 491 Å². The quantitative estimate of drug-likeness (QED) is 0.0261. The maximum absolute atomic E-state index is 13.0. The summed E-state index contributed by atoms with van der Waals surface area (Å²) in [7, 11) is 0. The second-order valence-electron chi connectivity index (χ2n) is 23.1. The maximum atomic E-state index is 13.0. The maximum Gasteiger partial charge on any atom is 0.306 e. The van der Waals surface area contributed by atoms with E-state index in [-0.39, 0.29) is 31.1 Å². The minimum Gasteiger partial charge on any atom is -0.462 e. The van der Waals surface area contributed by atoms with E-state index in [1.807, 2.05) is 0 Å². The summed E-state index contributed by atoms with van der Waals surface area (Å²) in [5.74, 6) is -0.867. The molecule has 0 spiro atoms. The van der Waals surface area contributed by atoms with Crippen molar-refractivity contribution < 1.29 is 28.6 Å². The summed E-state index contributed by atoms with van der Waals surface area (Å²) in [5, 5.41) is 0. The van der Waals surface area contributed by atoms with E-state index < -0.39 is 6.10 Å². The largest absolute Gasteiger partial charge is 0.462 e. The van der Waals surface area contributed by atoms with Crippen molar-refractivity contribution in [3.8, 4) is 0 Å². The zero-order valence-electron chi connectivity index (χ0n) is 52.6. The first-order chi connectivity index (χ1) is 39.0. The van der Waals surface area contributed by atoms with Gasteiger partial charge in [0.2, 0.25) is 0 Å². The minimum absolute atomic E-state index is 0.0759. The molecule has 0 aromatic heterocycles. The van der Waals surface area contributed by atoms with Gasteiger partial charge in [-0.1, -0.05) is 318 Å². The van der Waals surface area contributed by atoms with Crippen LogP contribution in [-0.4, -0.2) is 37.2 Å². The second-order valence-corrected chi connectivity index (χ2v) is 23.1. The van der Waals surface area contributed by atoms with Crippen molar-refractivity contribution in [3.63, 3.8) is 0 Å². The van der Waals surface area contributed by atoms with Gasteiger partial charge in [-0.2, -0.15) is 0 Å². The number of unbranched alkanes of at least 4 members (excludes halogenated alkanes) is 40. The Kier molecular flexibility index (Phi) is 64.7. The molecule has 6 heteroatoms. The molecule has 0 aliphatic carbocycles. The first kappa shape index (κ1) is 75.8. The van der Waals surface area contributed by atoms with Crippen LogP contribution in [0.1, 0.15) is 355 Å². The molecule has 0 heterocycles. The molecule has 0 aliphatic rings. The Morgan fingerprint density at radius 2 is 0.494 bits per heavy atom. The molecule has 0 amide bonds. The number of hydrogen-bond donors (Lipinski definition) is 0. The van der Waals surface area contributed by atoms with Crippen molar-refractivity contribution >= 4 is 17.9 Å². The third-order valence-corrected chi connectivity index (χ3v) is 15.2. The Balaban J connectivity index is 4.37. The smallest absolute Gasteiger partial charge is 0.306 e. The minimum atomic E-state index is -0.782. The van der Waals surface area contributed by atoms with Gasteiger partial charge in [0.05, 0.1) is 0 Å². The van der Waals surface area contributed by atoms with Gasteiger partial charge in [-0.15, -0.1) is 0 Å². The Bertz CT molecular complexity index is 1450. The number of rotatable bonds is 63. The predicted molar refractivity (Wildman–Crippen MR) is 344 cm³/mol. The topological polar surface area (TPSA) is 78.9 Å². The van der Waals surface area contributed by atoms with Gasteiger partial charge in [-0.3, -0.25) is 14.4 Å². The molecule has 0 fully saturated rings. The van der Waals surface area contributed by atoms with E-state index >= 15 is 0 Å². The van der Waals surface area contributed by atoms with E-state index in [4.69, 9.17) is 14.2 Å². The summed E-state index contributed by atoms with van der Waals surface area (Å²) < 4.78 is 17.0. The molecule has 0 radical (unpaired) electrons. The molecule has 0 saturated carbocycles. The fourth-order valence-corrected chi connectivity index (χ4v) is 10.1. The van der Waals surface area contributed by atoms with Gasteiger partial charge >= 0.3 is 17.9 Å². The van der Waals surface area contributed by atoms with Crippen molar-refractivity contribution in [2.75, 3.05) is 13.2 Å². The molecule has 0 saturated heterocycles. The van der Waals surface area contributed by atoms with Crippen molar-refractivity contribution in [2.24, 2.45) is 0 Å². The lowest BCUT2D eigenvalue weighted by Crippen LogP contribution is -2.30. The molecule has 0 N–H and O–H groups in total. The third kappa shape index (κ3) is 65.5. The molecule has 6 nitrogen and oxygen atoms in total. The summed E-state index contributed by atoms with van der Waals surface area (Å²) in [5.41, 5.74) is 0. The number of carbonyl (C=O) groups excluding carboxylic acids is 3. The zero-order chi connectivity index (χ0) is 57.1. The van der Waals surface area contributed by atoms with Gasteiger partial charge in [-0.25, -0.2) is 0 Å². The Morgan fingerprint density at radius 1 is 0.266 bits per heavy atom. The van der Waals surface area contributed by atoms with Gasteiger partial charge in [0.15, 0.2) is 6.10 Å². The predicted octanol–water partition coefficient (Wildman–Crippen LogP) is 23.7. The molecule has 79 heavy (non-hydrogen) atoms. The highest BCUT2D eigenvalue weighted by molar-refractivity contribution is 5.71.